The van der Waals surface area contributed by atoms with Gasteiger partial charge in [0.05, 0.1) is 11.8 Å². The molecular formula is C11H11ClF2N2O3. The molecule has 19 heavy (non-hydrogen) atoms. The van der Waals surface area contributed by atoms with E-state index < -0.39 is 29.2 Å². The SMILES string of the molecule is C[C@H]1C(F)(F)[C@H]2O[C@]1(CCl)COc1nc(=O)ccn12. The number of nitrogens with zero attached hydrogens (tertiary/aromatic N) is 2. The van der Waals surface area contributed by atoms with Crippen LogP contribution in [0, 0.1) is 5.92 Å². The largest absolute Gasteiger partial charge is 0.461 e. The maximum atomic E-state index is 14.3. The van der Waals surface area contributed by atoms with Crippen LogP contribution in [-0.2, 0) is 4.74 Å². The molecule has 3 atom stereocenters. The summed E-state index contributed by atoms with van der Waals surface area (Å²) in [4.78, 5) is 14.8. The van der Waals surface area contributed by atoms with Crippen LogP contribution >= 0.6 is 11.6 Å². The highest BCUT2D eigenvalue weighted by molar-refractivity contribution is 6.18. The minimum Gasteiger partial charge on any atom is -0.461 e. The van der Waals surface area contributed by atoms with E-state index in [0.29, 0.717) is 0 Å². The lowest BCUT2D eigenvalue weighted by Crippen LogP contribution is -2.46. The standard InChI is InChI=1S/C11H11ClF2N2O3/c1-6-10(4-12)5-18-9-15-7(17)2-3-16(9)8(19-10)11(6,13)14/h2-3,6,8H,4-5H2,1H3/t6-,8-,10-/m1/s1. The molecule has 104 valence electrons. The minimum atomic E-state index is -3.12. The summed E-state index contributed by atoms with van der Waals surface area (Å²) in [5.41, 5.74) is -1.84. The number of fused-ring (bicyclic) bond motifs is 4. The Hall–Kier alpha value is -1.21. The quantitative estimate of drug-likeness (QED) is 0.735. The molecule has 0 unspecified atom stereocenters. The molecule has 0 spiro atoms. The molecule has 2 aliphatic heterocycles. The molecule has 0 amide bonds. The second-order valence-electron chi connectivity index (χ2n) is 4.81. The van der Waals surface area contributed by atoms with Crippen molar-refractivity contribution in [3.63, 3.8) is 0 Å². The van der Waals surface area contributed by atoms with Crippen molar-refractivity contribution in [1.82, 2.24) is 9.55 Å². The third-order valence-electron chi connectivity index (χ3n) is 3.77. The van der Waals surface area contributed by atoms with Gasteiger partial charge in [0.1, 0.15) is 12.2 Å². The molecule has 3 rings (SSSR count). The molecule has 0 N–H and O–H groups in total. The Kier molecular flexibility index (Phi) is 2.62. The van der Waals surface area contributed by atoms with Crippen molar-refractivity contribution in [2.75, 3.05) is 12.5 Å². The molecule has 1 aromatic heterocycles. The summed E-state index contributed by atoms with van der Waals surface area (Å²) >= 11 is 5.80. The van der Waals surface area contributed by atoms with Crippen LogP contribution in [0.3, 0.4) is 0 Å². The number of ether oxygens (including phenoxy) is 2. The van der Waals surface area contributed by atoms with E-state index in [9.17, 15) is 13.6 Å². The van der Waals surface area contributed by atoms with E-state index in [0.717, 1.165) is 10.6 Å². The van der Waals surface area contributed by atoms with Crippen LogP contribution in [0.1, 0.15) is 13.2 Å². The molecule has 0 aliphatic carbocycles. The van der Waals surface area contributed by atoms with E-state index in [1.54, 1.807) is 0 Å². The van der Waals surface area contributed by atoms with Crippen molar-refractivity contribution in [2.45, 2.75) is 24.7 Å². The number of hydrogen-bond acceptors (Lipinski definition) is 4. The fraction of sp³-hybridized carbons (Fsp3) is 0.636. The highest BCUT2D eigenvalue weighted by Crippen LogP contribution is 2.54. The zero-order valence-corrected chi connectivity index (χ0v) is 10.7. The molecule has 0 saturated carbocycles. The molecule has 2 aliphatic rings. The summed E-state index contributed by atoms with van der Waals surface area (Å²) in [6.07, 6.45) is -0.363. The number of halogens is 3. The second-order valence-corrected chi connectivity index (χ2v) is 5.08. The highest BCUT2D eigenvalue weighted by Gasteiger charge is 2.66. The van der Waals surface area contributed by atoms with E-state index in [4.69, 9.17) is 21.1 Å². The maximum Gasteiger partial charge on any atom is 0.302 e. The Balaban J connectivity index is 2.17. The van der Waals surface area contributed by atoms with Gasteiger partial charge in [-0.15, -0.1) is 11.6 Å². The minimum absolute atomic E-state index is 0.126. The molecule has 1 fully saturated rings. The van der Waals surface area contributed by atoms with Crippen LogP contribution in [0.4, 0.5) is 8.78 Å². The normalized spacial score (nSPS) is 35.4. The molecule has 0 radical (unpaired) electrons. The molecule has 1 saturated heterocycles. The van der Waals surface area contributed by atoms with Gasteiger partial charge in [-0.05, 0) is 0 Å². The molecular weight excluding hydrogens is 282 g/mol. The Morgan fingerprint density at radius 1 is 1.63 bits per heavy atom. The molecule has 8 heteroatoms. The first-order chi connectivity index (χ1) is 8.90. The smallest absolute Gasteiger partial charge is 0.302 e. The van der Waals surface area contributed by atoms with Crippen LogP contribution in [0.2, 0.25) is 0 Å². The first-order valence-corrected chi connectivity index (χ1v) is 6.28. The van der Waals surface area contributed by atoms with Crippen molar-refractivity contribution >= 4 is 11.6 Å². The molecule has 1 aromatic rings. The van der Waals surface area contributed by atoms with Crippen LogP contribution in [0.5, 0.6) is 6.01 Å². The van der Waals surface area contributed by atoms with Gasteiger partial charge in [-0.1, -0.05) is 6.92 Å². The molecule has 5 nitrogen and oxygen atoms in total. The summed E-state index contributed by atoms with van der Waals surface area (Å²) in [5.74, 6) is -4.35. The third-order valence-corrected chi connectivity index (χ3v) is 4.22. The number of alkyl halides is 3. The Bertz CT molecular complexity index is 579. The van der Waals surface area contributed by atoms with Crippen molar-refractivity contribution in [2.24, 2.45) is 5.92 Å². The predicted octanol–water partition coefficient (Wildman–Crippen LogP) is 1.41. The van der Waals surface area contributed by atoms with E-state index in [1.165, 1.54) is 13.1 Å². The first kappa shape index (κ1) is 12.8. The Morgan fingerprint density at radius 3 is 3.05 bits per heavy atom. The van der Waals surface area contributed by atoms with Gasteiger partial charge in [0.15, 0.2) is 0 Å². The van der Waals surface area contributed by atoms with Gasteiger partial charge in [0.25, 0.3) is 11.5 Å². The summed E-state index contributed by atoms with van der Waals surface area (Å²) < 4.78 is 40.5. The summed E-state index contributed by atoms with van der Waals surface area (Å²) in [5, 5.41) is 0. The average molecular weight is 293 g/mol. The number of rotatable bonds is 1. The lowest BCUT2D eigenvalue weighted by atomic mass is 9.88. The molecule has 2 bridgehead atoms. The fourth-order valence-corrected chi connectivity index (χ4v) is 2.80. The first-order valence-electron chi connectivity index (χ1n) is 5.74. The van der Waals surface area contributed by atoms with Gasteiger partial charge in [-0.25, -0.2) is 8.78 Å². The van der Waals surface area contributed by atoms with Gasteiger partial charge in [0, 0.05) is 12.3 Å². The number of aromatic nitrogens is 2. The van der Waals surface area contributed by atoms with E-state index >= 15 is 0 Å². The third kappa shape index (κ3) is 1.61. The monoisotopic (exact) mass is 292 g/mol. The highest BCUT2D eigenvalue weighted by atomic mass is 35.5. The summed E-state index contributed by atoms with van der Waals surface area (Å²) in [7, 11) is 0. The van der Waals surface area contributed by atoms with Crippen LogP contribution in [0.25, 0.3) is 0 Å². The fourth-order valence-electron chi connectivity index (χ4n) is 2.42. The van der Waals surface area contributed by atoms with E-state index in [-0.39, 0.29) is 18.5 Å². The van der Waals surface area contributed by atoms with Crippen LogP contribution < -0.4 is 10.3 Å². The van der Waals surface area contributed by atoms with Crippen LogP contribution in [0.15, 0.2) is 17.1 Å². The van der Waals surface area contributed by atoms with Gasteiger partial charge in [-0.2, -0.15) is 4.98 Å². The van der Waals surface area contributed by atoms with Gasteiger partial charge in [0.2, 0.25) is 6.23 Å². The van der Waals surface area contributed by atoms with Gasteiger partial charge in [-0.3, -0.25) is 9.36 Å². The van der Waals surface area contributed by atoms with Crippen LogP contribution in [-0.4, -0.2) is 33.6 Å². The number of hydrogen-bond donors (Lipinski definition) is 0. The van der Waals surface area contributed by atoms with E-state index in [1.807, 2.05) is 0 Å². The Morgan fingerprint density at radius 2 is 2.37 bits per heavy atom. The lowest BCUT2D eigenvalue weighted by Gasteiger charge is -2.30. The van der Waals surface area contributed by atoms with Gasteiger partial charge < -0.3 is 9.47 Å². The van der Waals surface area contributed by atoms with Crippen molar-refractivity contribution < 1.29 is 18.3 Å². The molecule has 0 aromatic carbocycles. The van der Waals surface area contributed by atoms with Crippen molar-refractivity contribution in [3.8, 4) is 6.01 Å². The lowest BCUT2D eigenvalue weighted by molar-refractivity contribution is -0.128. The zero-order chi connectivity index (χ0) is 13.8. The average Bonchev–Trinajstić information content (AvgIpc) is 2.53. The van der Waals surface area contributed by atoms with Crippen molar-refractivity contribution in [1.29, 1.82) is 0 Å². The predicted molar refractivity (Wildman–Crippen MR) is 61.7 cm³/mol. The summed E-state index contributed by atoms with van der Waals surface area (Å²) in [6, 6.07) is 0.916. The molecule has 3 heterocycles. The zero-order valence-electron chi connectivity index (χ0n) is 9.98. The maximum absolute atomic E-state index is 14.3. The van der Waals surface area contributed by atoms with Crippen molar-refractivity contribution in [3.05, 3.63) is 22.6 Å². The van der Waals surface area contributed by atoms with Gasteiger partial charge >= 0.3 is 6.01 Å². The topological polar surface area (TPSA) is 53.4 Å². The van der Waals surface area contributed by atoms with E-state index in [2.05, 4.69) is 4.98 Å². The second kappa shape index (κ2) is 3.89. The summed E-state index contributed by atoms with van der Waals surface area (Å²) in [6.45, 7) is 1.22. The Labute approximate surface area is 112 Å².